The number of benzene rings is 2. The monoisotopic (exact) mass is 387 g/mol. The van der Waals surface area contributed by atoms with Gasteiger partial charge in [0, 0.05) is 24.9 Å². The molecule has 1 aromatic heterocycles. The normalized spacial score (nSPS) is 15.7. The molecule has 0 bridgehead atoms. The molecule has 0 fully saturated rings. The van der Waals surface area contributed by atoms with E-state index >= 15 is 0 Å². The number of ether oxygens (including phenoxy) is 2. The second-order valence-electron chi connectivity index (χ2n) is 6.54. The molecule has 1 aliphatic heterocycles. The van der Waals surface area contributed by atoms with Crippen LogP contribution in [-0.2, 0) is 10.0 Å². The Labute approximate surface area is 158 Å². The second-order valence-corrected chi connectivity index (χ2v) is 8.54. The fraction of sp³-hybridized carbons (Fsp3) is 0.300. The SMILES string of the molecule is C[C@@H](c1cc2ccccc2o1)N(C)S(=O)(=O)c1ccc2c(c1)OCCCO2. The summed E-state index contributed by atoms with van der Waals surface area (Å²) in [6, 6.07) is 13.7. The number of nitrogens with zero attached hydrogens (tertiary/aromatic N) is 1. The van der Waals surface area contributed by atoms with Gasteiger partial charge in [-0.2, -0.15) is 4.31 Å². The first-order valence-corrected chi connectivity index (χ1v) is 10.3. The van der Waals surface area contributed by atoms with Gasteiger partial charge in [0.15, 0.2) is 11.5 Å². The molecule has 0 aliphatic carbocycles. The van der Waals surface area contributed by atoms with Gasteiger partial charge in [0.05, 0.1) is 24.2 Å². The molecule has 0 N–H and O–H groups in total. The van der Waals surface area contributed by atoms with Crippen LogP contribution in [0, 0.1) is 0 Å². The highest BCUT2D eigenvalue weighted by atomic mass is 32.2. The van der Waals surface area contributed by atoms with Crippen LogP contribution in [0.1, 0.15) is 25.1 Å². The van der Waals surface area contributed by atoms with Crippen molar-refractivity contribution in [2.24, 2.45) is 0 Å². The van der Waals surface area contributed by atoms with Crippen LogP contribution >= 0.6 is 0 Å². The predicted octanol–water partition coefficient (Wildman–Crippen LogP) is 3.98. The fourth-order valence-electron chi connectivity index (χ4n) is 3.07. The summed E-state index contributed by atoms with van der Waals surface area (Å²) >= 11 is 0. The Hall–Kier alpha value is -2.51. The number of furan rings is 1. The van der Waals surface area contributed by atoms with Crippen LogP contribution < -0.4 is 9.47 Å². The molecule has 4 rings (SSSR count). The van der Waals surface area contributed by atoms with Crippen molar-refractivity contribution in [2.75, 3.05) is 20.3 Å². The van der Waals surface area contributed by atoms with E-state index in [1.807, 2.05) is 30.3 Å². The van der Waals surface area contributed by atoms with Gasteiger partial charge >= 0.3 is 0 Å². The lowest BCUT2D eigenvalue weighted by atomic mass is 10.2. The molecule has 142 valence electrons. The third-order valence-electron chi connectivity index (χ3n) is 4.80. The zero-order chi connectivity index (χ0) is 19.0. The number of hydrogen-bond acceptors (Lipinski definition) is 5. The van der Waals surface area contributed by atoms with E-state index in [2.05, 4.69) is 0 Å². The number of hydrogen-bond donors (Lipinski definition) is 0. The van der Waals surface area contributed by atoms with Crippen molar-refractivity contribution in [3.63, 3.8) is 0 Å². The average Bonchev–Trinajstić information content (AvgIpc) is 2.97. The highest BCUT2D eigenvalue weighted by molar-refractivity contribution is 7.89. The molecule has 27 heavy (non-hydrogen) atoms. The third kappa shape index (κ3) is 3.28. The number of fused-ring (bicyclic) bond motifs is 2. The van der Waals surface area contributed by atoms with Crippen molar-refractivity contribution in [3.05, 3.63) is 54.3 Å². The zero-order valence-electron chi connectivity index (χ0n) is 15.2. The van der Waals surface area contributed by atoms with Crippen LogP contribution in [0.2, 0.25) is 0 Å². The van der Waals surface area contributed by atoms with Gasteiger partial charge < -0.3 is 13.9 Å². The lowest BCUT2D eigenvalue weighted by Crippen LogP contribution is -2.29. The molecule has 0 amide bonds. The van der Waals surface area contributed by atoms with E-state index in [4.69, 9.17) is 13.9 Å². The van der Waals surface area contributed by atoms with E-state index in [1.165, 1.54) is 10.4 Å². The van der Waals surface area contributed by atoms with Crippen LogP contribution in [0.25, 0.3) is 11.0 Å². The molecule has 0 saturated heterocycles. The molecular formula is C20H21NO5S. The van der Waals surface area contributed by atoms with Gasteiger partial charge in [-0.15, -0.1) is 0 Å². The Bertz CT molecular complexity index is 1040. The maximum absolute atomic E-state index is 13.1. The lowest BCUT2D eigenvalue weighted by molar-refractivity contribution is 0.296. The first-order valence-electron chi connectivity index (χ1n) is 8.83. The molecule has 1 atom stereocenters. The molecular weight excluding hydrogens is 366 g/mol. The van der Waals surface area contributed by atoms with Gasteiger partial charge in [0.2, 0.25) is 10.0 Å². The van der Waals surface area contributed by atoms with E-state index in [9.17, 15) is 8.42 Å². The summed E-state index contributed by atoms with van der Waals surface area (Å²) in [5.41, 5.74) is 0.737. The number of sulfonamides is 1. The van der Waals surface area contributed by atoms with Crippen molar-refractivity contribution in [3.8, 4) is 11.5 Å². The molecule has 0 unspecified atom stereocenters. The minimum atomic E-state index is -3.73. The number of para-hydroxylation sites is 1. The van der Waals surface area contributed by atoms with Gasteiger partial charge in [-0.1, -0.05) is 18.2 Å². The molecule has 0 spiro atoms. The lowest BCUT2D eigenvalue weighted by Gasteiger charge is -2.23. The van der Waals surface area contributed by atoms with Crippen molar-refractivity contribution in [1.82, 2.24) is 4.31 Å². The Morgan fingerprint density at radius 3 is 2.52 bits per heavy atom. The van der Waals surface area contributed by atoms with Gasteiger partial charge in [-0.3, -0.25) is 0 Å². The highest BCUT2D eigenvalue weighted by Crippen LogP contribution is 2.35. The maximum atomic E-state index is 13.1. The van der Waals surface area contributed by atoms with Crippen molar-refractivity contribution in [2.45, 2.75) is 24.3 Å². The Morgan fingerprint density at radius 1 is 1.00 bits per heavy atom. The second kappa shape index (κ2) is 6.90. The molecule has 1 aliphatic rings. The van der Waals surface area contributed by atoms with Crippen LogP contribution in [0.15, 0.2) is 57.8 Å². The summed E-state index contributed by atoms with van der Waals surface area (Å²) in [5, 5.41) is 0.945. The first-order chi connectivity index (χ1) is 13.0. The molecule has 6 nitrogen and oxygen atoms in total. The average molecular weight is 387 g/mol. The summed E-state index contributed by atoms with van der Waals surface area (Å²) in [6.45, 7) is 2.86. The van der Waals surface area contributed by atoms with E-state index in [0.717, 1.165) is 17.4 Å². The van der Waals surface area contributed by atoms with Gasteiger partial charge in [-0.05, 0) is 31.2 Å². The van der Waals surface area contributed by atoms with Crippen LogP contribution in [0.4, 0.5) is 0 Å². The van der Waals surface area contributed by atoms with Crippen LogP contribution in [0.3, 0.4) is 0 Å². The standard InChI is InChI=1S/C20H21NO5S/c1-14(19-12-15-6-3-4-7-17(15)26-19)21(2)27(22,23)16-8-9-18-20(13-16)25-11-5-10-24-18/h3-4,6-9,12-14H,5,10-11H2,1-2H3/t14-/m0/s1. The van der Waals surface area contributed by atoms with Crippen LogP contribution in [-0.4, -0.2) is 33.0 Å². The maximum Gasteiger partial charge on any atom is 0.243 e. The van der Waals surface area contributed by atoms with Gasteiger partial charge in [0.25, 0.3) is 0 Å². The highest BCUT2D eigenvalue weighted by Gasteiger charge is 2.29. The fourth-order valence-corrected chi connectivity index (χ4v) is 4.41. The van der Waals surface area contributed by atoms with Crippen molar-refractivity contribution >= 4 is 21.0 Å². The predicted molar refractivity (Wildman–Crippen MR) is 102 cm³/mol. The number of rotatable bonds is 4. The summed E-state index contributed by atoms with van der Waals surface area (Å²) in [6.07, 6.45) is 0.764. The van der Waals surface area contributed by atoms with E-state index in [0.29, 0.717) is 30.5 Å². The van der Waals surface area contributed by atoms with E-state index in [-0.39, 0.29) is 4.90 Å². The largest absolute Gasteiger partial charge is 0.490 e. The van der Waals surface area contributed by atoms with E-state index < -0.39 is 16.1 Å². The minimum Gasteiger partial charge on any atom is -0.490 e. The Balaban J connectivity index is 1.65. The quantitative estimate of drug-likeness (QED) is 0.677. The molecule has 2 heterocycles. The molecule has 2 aromatic carbocycles. The van der Waals surface area contributed by atoms with Crippen molar-refractivity contribution in [1.29, 1.82) is 0 Å². The molecule has 0 radical (unpaired) electrons. The first kappa shape index (κ1) is 17.9. The summed E-state index contributed by atoms with van der Waals surface area (Å²) < 4.78 is 44.6. The molecule has 3 aromatic rings. The summed E-state index contributed by atoms with van der Waals surface area (Å²) in [5.74, 6) is 1.62. The van der Waals surface area contributed by atoms with Crippen LogP contribution in [0.5, 0.6) is 11.5 Å². The Morgan fingerprint density at radius 2 is 1.74 bits per heavy atom. The topological polar surface area (TPSA) is 69.0 Å². The zero-order valence-corrected chi connectivity index (χ0v) is 16.0. The molecule has 0 saturated carbocycles. The summed E-state index contributed by atoms with van der Waals surface area (Å²) in [7, 11) is -2.18. The third-order valence-corrected chi connectivity index (χ3v) is 6.72. The Kier molecular flexibility index (Phi) is 4.57. The smallest absolute Gasteiger partial charge is 0.243 e. The van der Waals surface area contributed by atoms with Gasteiger partial charge in [-0.25, -0.2) is 8.42 Å². The van der Waals surface area contributed by atoms with Crippen molar-refractivity contribution < 1.29 is 22.3 Å². The van der Waals surface area contributed by atoms with E-state index in [1.54, 1.807) is 26.1 Å². The minimum absolute atomic E-state index is 0.164. The summed E-state index contributed by atoms with van der Waals surface area (Å²) in [4.78, 5) is 0.164. The van der Waals surface area contributed by atoms with Gasteiger partial charge in [0.1, 0.15) is 11.3 Å². The molecule has 7 heteroatoms.